The smallest absolute Gasteiger partial charge is 0.222 e. The fourth-order valence-corrected chi connectivity index (χ4v) is 4.09. The van der Waals surface area contributed by atoms with E-state index >= 15 is 0 Å². The quantitative estimate of drug-likeness (QED) is 0.750. The van der Waals surface area contributed by atoms with Crippen LogP contribution in [-0.2, 0) is 11.2 Å². The first-order valence-electron chi connectivity index (χ1n) is 9.90. The van der Waals surface area contributed by atoms with E-state index in [2.05, 4.69) is 27.9 Å². The summed E-state index contributed by atoms with van der Waals surface area (Å²) in [6.07, 6.45) is 6.24. The highest BCUT2D eigenvalue weighted by molar-refractivity contribution is 5.78. The maximum absolute atomic E-state index is 11.7. The molecule has 0 radical (unpaired) electrons. The van der Waals surface area contributed by atoms with Crippen LogP contribution >= 0.6 is 0 Å². The maximum atomic E-state index is 11.7. The molecule has 2 aliphatic heterocycles. The number of carbonyl (C=O) groups excluding carboxylic acids is 1. The first-order valence-corrected chi connectivity index (χ1v) is 9.90. The highest BCUT2D eigenvalue weighted by Gasteiger charge is 2.26. The third kappa shape index (κ3) is 5.50. The summed E-state index contributed by atoms with van der Waals surface area (Å²) in [5, 5.41) is 10.3. The number of hydrogen-bond donors (Lipinski definition) is 1. The zero-order valence-electron chi connectivity index (χ0n) is 15.9. The number of aliphatic hydroxyl groups excluding tert-OH is 1. The number of aromatic nitrogens is 1. The van der Waals surface area contributed by atoms with Crippen molar-refractivity contribution < 1.29 is 9.90 Å². The second-order valence-corrected chi connectivity index (χ2v) is 7.68. The van der Waals surface area contributed by atoms with Crippen LogP contribution in [0, 0.1) is 0 Å². The molecule has 0 spiro atoms. The molecular weight excluding hydrogens is 328 g/mol. The molecule has 1 N–H and O–H groups in total. The van der Waals surface area contributed by atoms with Crippen LogP contribution in [0.4, 0.5) is 0 Å². The van der Waals surface area contributed by atoms with Gasteiger partial charge in [0.1, 0.15) is 0 Å². The minimum Gasteiger partial charge on any atom is -0.390 e. The van der Waals surface area contributed by atoms with Crippen molar-refractivity contribution in [2.75, 3.05) is 46.3 Å². The molecule has 1 atom stereocenters. The van der Waals surface area contributed by atoms with Gasteiger partial charge in [-0.25, -0.2) is 0 Å². The van der Waals surface area contributed by atoms with E-state index in [9.17, 15) is 9.90 Å². The monoisotopic (exact) mass is 360 g/mol. The van der Waals surface area contributed by atoms with Crippen molar-refractivity contribution in [3.63, 3.8) is 0 Å². The molecule has 2 fully saturated rings. The van der Waals surface area contributed by atoms with Gasteiger partial charge in [0.15, 0.2) is 0 Å². The van der Waals surface area contributed by atoms with Crippen LogP contribution in [0.2, 0.25) is 0 Å². The van der Waals surface area contributed by atoms with E-state index in [1.807, 2.05) is 18.3 Å². The largest absolute Gasteiger partial charge is 0.390 e. The second-order valence-electron chi connectivity index (χ2n) is 7.68. The molecule has 0 aromatic carbocycles. The molecule has 3 heterocycles. The summed E-state index contributed by atoms with van der Waals surface area (Å²) in [6.45, 7) is 5.18. The van der Waals surface area contributed by atoms with Gasteiger partial charge in [-0.15, -0.1) is 0 Å². The Kier molecular flexibility index (Phi) is 7.00. The summed E-state index contributed by atoms with van der Waals surface area (Å²) < 4.78 is 0. The van der Waals surface area contributed by atoms with Gasteiger partial charge in [-0.3, -0.25) is 9.78 Å². The molecular formula is C20H32N4O2. The molecule has 2 aliphatic rings. The maximum Gasteiger partial charge on any atom is 0.222 e. The number of nitrogens with zero attached hydrogens (tertiary/aromatic N) is 4. The standard InChI is InChI=1S/C20H32N4O2/c1-22(15-19(25)16-24-11-4-6-20(24)26)18-8-13-23(14-9-18)12-7-17-5-2-3-10-21-17/h2-3,5,10,18-19,25H,4,6-9,11-16H2,1H3/t19-/m1/s1. The van der Waals surface area contributed by atoms with E-state index in [0.29, 0.717) is 25.6 Å². The van der Waals surface area contributed by atoms with Crippen LogP contribution in [0.1, 0.15) is 31.4 Å². The first kappa shape index (κ1) is 19.3. The molecule has 1 aromatic rings. The Bertz CT molecular complexity index is 560. The lowest BCUT2D eigenvalue weighted by atomic mass is 10.0. The molecule has 26 heavy (non-hydrogen) atoms. The highest BCUT2D eigenvalue weighted by Crippen LogP contribution is 2.17. The lowest BCUT2D eigenvalue weighted by Crippen LogP contribution is -2.47. The third-order valence-corrected chi connectivity index (χ3v) is 5.69. The molecule has 1 amide bonds. The fourth-order valence-electron chi connectivity index (χ4n) is 4.09. The number of hydrogen-bond acceptors (Lipinski definition) is 5. The zero-order chi connectivity index (χ0) is 18.4. The Labute approximate surface area is 156 Å². The number of likely N-dealkylation sites (N-methyl/N-ethyl adjacent to an activating group) is 1. The van der Waals surface area contributed by atoms with Crippen molar-refractivity contribution in [2.45, 2.75) is 44.2 Å². The van der Waals surface area contributed by atoms with Crippen molar-refractivity contribution in [3.05, 3.63) is 30.1 Å². The molecule has 1 aromatic heterocycles. The lowest BCUT2D eigenvalue weighted by molar-refractivity contribution is -0.129. The first-order chi connectivity index (χ1) is 12.6. The number of rotatable bonds is 8. The van der Waals surface area contributed by atoms with Crippen molar-refractivity contribution >= 4 is 5.91 Å². The second kappa shape index (κ2) is 9.44. The van der Waals surface area contributed by atoms with Crippen LogP contribution in [0.5, 0.6) is 0 Å². The number of aliphatic hydroxyl groups is 1. The van der Waals surface area contributed by atoms with E-state index < -0.39 is 6.10 Å². The van der Waals surface area contributed by atoms with Gasteiger partial charge in [0, 0.05) is 57.0 Å². The molecule has 2 saturated heterocycles. The minimum atomic E-state index is -0.454. The van der Waals surface area contributed by atoms with Crippen molar-refractivity contribution in [3.8, 4) is 0 Å². The molecule has 0 unspecified atom stereocenters. The number of amides is 1. The van der Waals surface area contributed by atoms with Gasteiger partial charge in [0.05, 0.1) is 6.10 Å². The molecule has 0 aliphatic carbocycles. The molecule has 6 heteroatoms. The molecule has 144 valence electrons. The Morgan fingerprint density at radius 3 is 2.77 bits per heavy atom. The average molecular weight is 361 g/mol. The van der Waals surface area contributed by atoms with E-state index in [-0.39, 0.29) is 5.91 Å². The molecule has 0 saturated carbocycles. The van der Waals surface area contributed by atoms with E-state index in [0.717, 1.165) is 57.6 Å². The van der Waals surface area contributed by atoms with Gasteiger partial charge < -0.3 is 19.8 Å². The normalized spacial score (nSPS) is 20.9. The third-order valence-electron chi connectivity index (χ3n) is 5.69. The Balaban J connectivity index is 1.35. The van der Waals surface area contributed by atoms with E-state index in [1.165, 1.54) is 0 Å². The summed E-state index contributed by atoms with van der Waals surface area (Å²) in [7, 11) is 2.10. The van der Waals surface area contributed by atoms with Crippen LogP contribution < -0.4 is 0 Å². The zero-order valence-corrected chi connectivity index (χ0v) is 15.9. The van der Waals surface area contributed by atoms with Crippen LogP contribution in [-0.4, -0.2) is 89.2 Å². The van der Waals surface area contributed by atoms with Crippen LogP contribution in [0.15, 0.2) is 24.4 Å². The minimum absolute atomic E-state index is 0.188. The molecule has 0 bridgehead atoms. The number of β-amino-alcohol motifs (C(OH)–C–C–N with tert-alkyl or cyclic N) is 1. The SMILES string of the molecule is CN(C[C@@H](O)CN1CCCC1=O)C1CCN(CCc2ccccn2)CC1. The van der Waals surface area contributed by atoms with Gasteiger partial charge >= 0.3 is 0 Å². The lowest BCUT2D eigenvalue weighted by Gasteiger charge is -2.37. The van der Waals surface area contributed by atoms with Gasteiger partial charge in [0.2, 0.25) is 5.91 Å². The van der Waals surface area contributed by atoms with Crippen molar-refractivity contribution in [2.24, 2.45) is 0 Å². The Morgan fingerprint density at radius 2 is 2.12 bits per heavy atom. The number of pyridine rings is 1. The summed E-state index contributed by atoms with van der Waals surface area (Å²) >= 11 is 0. The fraction of sp³-hybridized carbons (Fsp3) is 0.700. The Hall–Kier alpha value is -1.50. The predicted octanol–water partition coefficient (Wildman–Crippen LogP) is 1.00. The van der Waals surface area contributed by atoms with Crippen molar-refractivity contribution in [1.82, 2.24) is 19.7 Å². The highest BCUT2D eigenvalue weighted by atomic mass is 16.3. The van der Waals surface area contributed by atoms with Gasteiger partial charge in [-0.2, -0.15) is 0 Å². The predicted molar refractivity (Wildman–Crippen MR) is 102 cm³/mol. The van der Waals surface area contributed by atoms with Gasteiger partial charge in [-0.1, -0.05) is 6.07 Å². The van der Waals surface area contributed by atoms with E-state index in [4.69, 9.17) is 0 Å². The average Bonchev–Trinajstić information content (AvgIpc) is 3.05. The number of carbonyl (C=O) groups is 1. The van der Waals surface area contributed by atoms with E-state index in [1.54, 1.807) is 4.90 Å². The van der Waals surface area contributed by atoms with Crippen LogP contribution in [0.3, 0.4) is 0 Å². The van der Waals surface area contributed by atoms with Crippen LogP contribution in [0.25, 0.3) is 0 Å². The van der Waals surface area contributed by atoms with Crippen molar-refractivity contribution in [1.29, 1.82) is 0 Å². The molecule has 6 nitrogen and oxygen atoms in total. The summed E-state index contributed by atoms with van der Waals surface area (Å²) in [5.41, 5.74) is 1.16. The number of likely N-dealkylation sites (tertiary alicyclic amines) is 2. The topological polar surface area (TPSA) is 59.9 Å². The van der Waals surface area contributed by atoms with Gasteiger partial charge in [-0.05, 0) is 51.5 Å². The summed E-state index contributed by atoms with van der Waals surface area (Å²) in [6, 6.07) is 6.61. The van der Waals surface area contributed by atoms with Gasteiger partial charge in [0.25, 0.3) is 0 Å². The molecule has 3 rings (SSSR count). The summed E-state index contributed by atoms with van der Waals surface area (Å²) in [5.74, 6) is 0.188. The summed E-state index contributed by atoms with van der Waals surface area (Å²) in [4.78, 5) is 22.7. The number of piperidine rings is 1. The Morgan fingerprint density at radius 1 is 1.31 bits per heavy atom.